The molecule has 0 aromatic heterocycles. The second kappa shape index (κ2) is 12.0. The van der Waals surface area contributed by atoms with E-state index in [1.807, 2.05) is 18.2 Å². The zero-order valence-corrected chi connectivity index (χ0v) is 23.1. The molecule has 0 spiro atoms. The standard InChI is InChI=1S/C29H32N4O5S/c1-29(2,3)38-25(34)17-33-23-13-6-7-14-24(23)39-18-22(28(33)37)31-19(16-30)10-8-9-15-32-26(35)20-11-4-5-12-21(20)27(32)36/h4-7,11-14,19,22,31H,8-10,15,17-18H2,1-3H3/t19-,22?/m1/s1. The van der Waals surface area contributed by atoms with Gasteiger partial charge in [-0.2, -0.15) is 5.26 Å². The van der Waals surface area contributed by atoms with Gasteiger partial charge < -0.3 is 4.74 Å². The Labute approximate surface area is 232 Å². The van der Waals surface area contributed by atoms with Crippen molar-refractivity contribution >= 4 is 41.1 Å². The normalized spacial score (nSPS) is 17.8. The van der Waals surface area contributed by atoms with Gasteiger partial charge in [0.2, 0.25) is 5.91 Å². The van der Waals surface area contributed by atoms with Crippen molar-refractivity contribution in [2.45, 2.75) is 62.6 Å². The lowest BCUT2D eigenvalue weighted by atomic mass is 10.1. The summed E-state index contributed by atoms with van der Waals surface area (Å²) in [6.45, 7) is 5.35. The van der Waals surface area contributed by atoms with E-state index in [1.165, 1.54) is 21.6 Å². The van der Waals surface area contributed by atoms with Crippen LogP contribution in [0.4, 0.5) is 5.69 Å². The van der Waals surface area contributed by atoms with E-state index in [4.69, 9.17) is 4.74 Å². The Morgan fingerprint density at radius 2 is 1.69 bits per heavy atom. The molecule has 2 aromatic rings. The van der Waals surface area contributed by atoms with Crippen molar-refractivity contribution in [2.75, 3.05) is 23.7 Å². The number of thioether (sulfide) groups is 1. The van der Waals surface area contributed by atoms with Crippen molar-refractivity contribution in [3.8, 4) is 6.07 Å². The number of hydrogen-bond donors (Lipinski definition) is 1. The van der Waals surface area contributed by atoms with Crippen LogP contribution in [0.1, 0.15) is 60.7 Å². The van der Waals surface area contributed by atoms with Gasteiger partial charge in [-0.05, 0) is 64.3 Å². The number of unbranched alkanes of at least 4 members (excludes halogenated alkanes) is 1. The monoisotopic (exact) mass is 548 g/mol. The first-order chi connectivity index (χ1) is 18.6. The molecule has 1 N–H and O–H groups in total. The van der Waals surface area contributed by atoms with E-state index >= 15 is 0 Å². The van der Waals surface area contributed by atoms with Crippen LogP contribution in [-0.4, -0.2) is 65.1 Å². The fourth-order valence-electron chi connectivity index (χ4n) is 4.63. The van der Waals surface area contributed by atoms with Crippen molar-refractivity contribution in [1.82, 2.24) is 10.2 Å². The number of benzene rings is 2. The number of imide groups is 1. The van der Waals surface area contributed by atoms with Gasteiger partial charge in [0.15, 0.2) is 0 Å². The number of rotatable bonds is 9. The molecule has 9 nitrogen and oxygen atoms in total. The molecule has 2 atom stereocenters. The van der Waals surface area contributed by atoms with Crippen molar-refractivity contribution in [2.24, 2.45) is 0 Å². The summed E-state index contributed by atoms with van der Waals surface area (Å²) in [6.07, 6.45) is 1.55. The number of carbonyl (C=O) groups excluding carboxylic acids is 4. The molecule has 39 heavy (non-hydrogen) atoms. The molecule has 0 saturated carbocycles. The molecular formula is C29H32N4O5S. The molecule has 2 aromatic carbocycles. The lowest BCUT2D eigenvalue weighted by Crippen LogP contribution is -2.52. The SMILES string of the molecule is CC(C)(C)OC(=O)CN1C(=O)C(N[C@@H](C#N)CCCCN2C(=O)c3ccccc3C2=O)CSc2ccccc21. The Bertz CT molecular complexity index is 1280. The highest BCUT2D eigenvalue weighted by Crippen LogP contribution is 2.34. The molecule has 0 radical (unpaired) electrons. The molecule has 3 amide bonds. The van der Waals surface area contributed by atoms with Gasteiger partial charge >= 0.3 is 5.97 Å². The summed E-state index contributed by atoms with van der Waals surface area (Å²) in [5.74, 6) is -1.01. The van der Waals surface area contributed by atoms with E-state index in [1.54, 1.807) is 51.1 Å². The van der Waals surface area contributed by atoms with E-state index in [9.17, 15) is 24.4 Å². The Kier molecular flexibility index (Phi) is 8.73. The summed E-state index contributed by atoms with van der Waals surface area (Å²) in [5.41, 5.74) is 0.787. The zero-order valence-electron chi connectivity index (χ0n) is 22.3. The summed E-state index contributed by atoms with van der Waals surface area (Å²) in [4.78, 5) is 54.9. The highest BCUT2D eigenvalue weighted by molar-refractivity contribution is 7.99. The second-order valence-electron chi connectivity index (χ2n) is 10.5. The highest BCUT2D eigenvalue weighted by Gasteiger charge is 2.36. The molecule has 1 unspecified atom stereocenters. The molecule has 0 aliphatic carbocycles. The number of nitrogens with one attached hydrogen (secondary N) is 1. The fourth-order valence-corrected chi connectivity index (χ4v) is 5.71. The summed E-state index contributed by atoms with van der Waals surface area (Å²) in [6, 6.07) is 15.1. The van der Waals surface area contributed by atoms with Crippen LogP contribution >= 0.6 is 11.8 Å². The Morgan fingerprint density at radius 3 is 2.33 bits per heavy atom. The largest absolute Gasteiger partial charge is 0.459 e. The predicted octanol–water partition coefficient (Wildman–Crippen LogP) is 3.78. The first-order valence-electron chi connectivity index (χ1n) is 12.9. The highest BCUT2D eigenvalue weighted by atomic mass is 32.2. The van der Waals surface area contributed by atoms with Gasteiger partial charge in [0.1, 0.15) is 12.1 Å². The maximum absolute atomic E-state index is 13.6. The minimum atomic E-state index is -0.689. The Morgan fingerprint density at radius 1 is 1.05 bits per heavy atom. The number of anilines is 1. The zero-order chi connectivity index (χ0) is 28.2. The fraction of sp³-hybridized carbons (Fsp3) is 0.414. The minimum absolute atomic E-state index is 0.233. The van der Waals surface area contributed by atoms with Crippen molar-refractivity contribution in [3.05, 3.63) is 59.7 Å². The van der Waals surface area contributed by atoms with Gasteiger partial charge in [0.25, 0.3) is 11.8 Å². The van der Waals surface area contributed by atoms with Gasteiger partial charge in [-0.1, -0.05) is 24.3 Å². The van der Waals surface area contributed by atoms with Gasteiger partial charge in [-0.25, -0.2) is 0 Å². The summed E-state index contributed by atoms with van der Waals surface area (Å²) >= 11 is 1.49. The van der Waals surface area contributed by atoms with Crippen LogP contribution in [0.15, 0.2) is 53.4 Å². The minimum Gasteiger partial charge on any atom is -0.459 e. The first-order valence-corrected chi connectivity index (χ1v) is 13.9. The molecule has 10 heteroatoms. The molecule has 0 fully saturated rings. The van der Waals surface area contributed by atoms with Crippen molar-refractivity contribution in [1.29, 1.82) is 5.26 Å². The Hall–Kier alpha value is -3.68. The van der Waals surface area contributed by atoms with Gasteiger partial charge in [0.05, 0.1) is 35.0 Å². The van der Waals surface area contributed by atoms with Gasteiger partial charge in [0, 0.05) is 17.2 Å². The molecule has 204 valence electrons. The second-order valence-corrected chi connectivity index (χ2v) is 11.6. The van der Waals surface area contributed by atoms with Gasteiger partial charge in [-0.3, -0.25) is 34.3 Å². The van der Waals surface area contributed by atoms with E-state index in [-0.39, 0.29) is 30.8 Å². The summed E-state index contributed by atoms with van der Waals surface area (Å²) in [7, 11) is 0. The van der Waals surface area contributed by atoms with E-state index in [2.05, 4.69) is 11.4 Å². The third-order valence-corrected chi connectivity index (χ3v) is 7.55. The van der Waals surface area contributed by atoms with E-state index in [0.717, 1.165) is 4.90 Å². The lowest BCUT2D eigenvalue weighted by molar-refractivity contribution is -0.153. The number of carbonyl (C=O) groups is 4. The molecule has 2 aliphatic rings. The number of esters is 1. The predicted molar refractivity (Wildman–Crippen MR) is 147 cm³/mol. The number of para-hydroxylation sites is 1. The number of fused-ring (bicyclic) bond motifs is 2. The van der Waals surface area contributed by atoms with Crippen LogP contribution in [0.2, 0.25) is 0 Å². The molecule has 2 aliphatic heterocycles. The molecular weight excluding hydrogens is 516 g/mol. The third kappa shape index (κ3) is 6.67. The summed E-state index contributed by atoms with van der Waals surface area (Å²) in [5, 5.41) is 13.0. The average molecular weight is 549 g/mol. The van der Waals surface area contributed by atoms with Crippen molar-refractivity contribution in [3.63, 3.8) is 0 Å². The number of nitrogens with zero attached hydrogens (tertiary/aromatic N) is 3. The third-order valence-electron chi connectivity index (χ3n) is 6.39. The van der Waals surface area contributed by atoms with Crippen LogP contribution in [0.25, 0.3) is 0 Å². The van der Waals surface area contributed by atoms with Crippen LogP contribution in [-0.2, 0) is 14.3 Å². The number of amides is 3. The maximum atomic E-state index is 13.6. The lowest BCUT2D eigenvalue weighted by Gasteiger charge is -2.28. The van der Waals surface area contributed by atoms with Crippen LogP contribution in [0, 0.1) is 11.3 Å². The van der Waals surface area contributed by atoms with Gasteiger partial charge in [-0.15, -0.1) is 11.8 Å². The molecule has 2 heterocycles. The topological polar surface area (TPSA) is 120 Å². The number of ether oxygens (including phenoxy) is 1. The Balaban J connectivity index is 1.36. The quantitative estimate of drug-likeness (QED) is 0.286. The number of hydrogen-bond acceptors (Lipinski definition) is 8. The first kappa shape index (κ1) is 28.3. The van der Waals surface area contributed by atoms with E-state index in [0.29, 0.717) is 41.8 Å². The van der Waals surface area contributed by atoms with Crippen LogP contribution < -0.4 is 10.2 Å². The smallest absolute Gasteiger partial charge is 0.326 e. The van der Waals surface area contributed by atoms with Crippen molar-refractivity contribution < 1.29 is 23.9 Å². The van der Waals surface area contributed by atoms with Crippen LogP contribution in [0.3, 0.4) is 0 Å². The molecule has 4 rings (SSSR count). The number of nitriles is 1. The van der Waals surface area contributed by atoms with Crippen LogP contribution in [0.5, 0.6) is 0 Å². The molecule has 0 bridgehead atoms. The van der Waals surface area contributed by atoms with E-state index < -0.39 is 23.7 Å². The maximum Gasteiger partial charge on any atom is 0.326 e. The molecule has 0 saturated heterocycles. The average Bonchev–Trinajstić information content (AvgIpc) is 3.06. The summed E-state index contributed by atoms with van der Waals surface area (Å²) < 4.78 is 5.46.